The number of benzene rings is 1. The smallest absolute Gasteiger partial charge is 0.243 e. The lowest BCUT2D eigenvalue weighted by Gasteiger charge is -2.01. The maximum Gasteiger partial charge on any atom is 0.243 e. The van der Waals surface area contributed by atoms with Crippen LogP contribution in [0.5, 0.6) is 0 Å². The molecule has 0 aliphatic carbocycles. The van der Waals surface area contributed by atoms with Crippen LogP contribution >= 0.6 is 22.9 Å². The number of aromatic nitrogens is 1. The second-order valence-electron chi connectivity index (χ2n) is 3.65. The molecule has 0 aliphatic heterocycles. The summed E-state index contributed by atoms with van der Waals surface area (Å²) in [5.41, 5.74) is 1.49. The third kappa shape index (κ3) is 3.05. The van der Waals surface area contributed by atoms with Crippen molar-refractivity contribution < 1.29 is 9.18 Å². The molecule has 2 rings (SSSR count). The van der Waals surface area contributed by atoms with Gasteiger partial charge in [-0.2, -0.15) is 0 Å². The van der Waals surface area contributed by atoms with Gasteiger partial charge in [0.05, 0.1) is 5.69 Å². The van der Waals surface area contributed by atoms with Gasteiger partial charge in [0, 0.05) is 10.9 Å². The SMILES string of the molecule is CC(Cl)C(=O)Nc1nc(-c2ccc(F)cc2)cs1. The van der Waals surface area contributed by atoms with Crippen LogP contribution in [-0.2, 0) is 4.79 Å². The number of hydrogen-bond acceptors (Lipinski definition) is 3. The first-order chi connectivity index (χ1) is 8.56. The minimum absolute atomic E-state index is 0.293. The number of rotatable bonds is 3. The van der Waals surface area contributed by atoms with Crippen molar-refractivity contribution in [1.29, 1.82) is 0 Å². The zero-order chi connectivity index (χ0) is 13.1. The molecule has 94 valence electrons. The van der Waals surface area contributed by atoms with Gasteiger partial charge in [0.2, 0.25) is 5.91 Å². The van der Waals surface area contributed by atoms with E-state index >= 15 is 0 Å². The molecule has 1 aromatic heterocycles. The van der Waals surface area contributed by atoms with E-state index in [4.69, 9.17) is 11.6 Å². The molecule has 6 heteroatoms. The van der Waals surface area contributed by atoms with Crippen molar-refractivity contribution in [3.63, 3.8) is 0 Å². The molecular formula is C12H10ClFN2OS. The molecule has 1 atom stereocenters. The molecule has 2 aromatic rings. The van der Waals surface area contributed by atoms with Gasteiger partial charge in [-0.15, -0.1) is 22.9 Å². The van der Waals surface area contributed by atoms with E-state index < -0.39 is 5.38 Å². The summed E-state index contributed by atoms with van der Waals surface area (Å²) >= 11 is 6.94. The lowest BCUT2D eigenvalue weighted by Crippen LogP contribution is -2.20. The van der Waals surface area contributed by atoms with Gasteiger partial charge in [0.1, 0.15) is 11.2 Å². The Hall–Kier alpha value is -1.46. The van der Waals surface area contributed by atoms with Gasteiger partial charge >= 0.3 is 0 Å². The molecule has 0 spiro atoms. The number of amides is 1. The summed E-state index contributed by atoms with van der Waals surface area (Å²) in [5.74, 6) is -0.588. The topological polar surface area (TPSA) is 42.0 Å². The van der Waals surface area contributed by atoms with E-state index in [2.05, 4.69) is 10.3 Å². The van der Waals surface area contributed by atoms with Crippen molar-refractivity contribution in [2.45, 2.75) is 12.3 Å². The van der Waals surface area contributed by atoms with E-state index in [1.807, 2.05) is 0 Å². The fourth-order valence-corrected chi connectivity index (χ4v) is 2.07. The number of alkyl halides is 1. The first kappa shape index (κ1) is 13.0. The summed E-state index contributed by atoms with van der Waals surface area (Å²) in [4.78, 5) is 15.6. The number of halogens is 2. The highest BCUT2D eigenvalue weighted by Crippen LogP contribution is 2.25. The van der Waals surface area contributed by atoms with Gasteiger partial charge in [-0.25, -0.2) is 9.37 Å². The number of carbonyl (C=O) groups excluding carboxylic acids is 1. The fourth-order valence-electron chi connectivity index (χ4n) is 1.29. The molecule has 3 nitrogen and oxygen atoms in total. The maximum absolute atomic E-state index is 12.8. The number of thiazole rings is 1. The van der Waals surface area contributed by atoms with Crippen LogP contribution in [0.2, 0.25) is 0 Å². The van der Waals surface area contributed by atoms with Crippen molar-refractivity contribution in [1.82, 2.24) is 4.98 Å². The van der Waals surface area contributed by atoms with Crippen LogP contribution in [0.15, 0.2) is 29.6 Å². The molecule has 1 unspecified atom stereocenters. The number of hydrogen-bond donors (Lipinski definition) is 1. The summed E-state index contributed by atoms with van der Waals surface area (Å²) in [5, 5.41) is 4.27. The number of nitrogens with one attached hydrogen (secondary N) is 1. The van der Waals surface area contributed by atoms with Crippen molar-refractivity contribution in [3.05, 3.63) is 35.5 Å². The molecule has 0 radical (unpaired) electrons. The van der Waals surface area contributed by atoms with Crippen molar-refractivity contribution in [3.8, 4) is 11.3 Å². The Labute approximate surface area is 113 Å². The molecule has 0 aliphatic rings. The van der Waals surface area contributed by atoms with Crippen LogP contribution in [0.4, 0.5) is 9.52 Å². The zero-order valence-corrected chi connectivity index (χ0v) is 11.1. The largest absolute Gasteiger partial charge is 0.301 e. The third-order valence-corrected chi connectivity index (χ3v) is 3.19. The monoisotopic (exact) mass is 284 g/mol. The summed E-state index contributed by atoms with van der Waals surface area (Å²) in [6.07, 6.45) is 0. The van der Waals surface area contributed by atoms with Crippen LogP contribution in [0, 0.1) is 5.82 Å². The minimum atomic E-state index is -0.608. The predicted molar refractivity (Wildman–Crippen MR) is 71.5 cm³/mol. The van der Waals surface area contributed by atoms with E-state index in [-0.39, 0.29) is 11.7 Å². The van der Waals surface area contributed by atoms with Crippen LogP contribution in [0.25, 0.3) is 11.3 Å². The Morgan fingerprint density at radius 2 is 2.11 bits per heavy atom. The molecule has 0 fully saturated rings. The van der Waals surface area contributed by atoms with Gasteiger partial charge in [-0.1, -0.05) is 0 Å². The van der Waals surface area contributed by atoms with Crippen LogP contribution in [0.3, 0.4) is 0 Å². The highest BCUT2D eigenvalue weighted by Gasteiger charge is 2.12. The Kier molecular flexibility index (Phi) is 3.93. The normalized spacial score (nSPS) is 12.2. The Morgan fingerprint density at radius 3 is 2.72 bits per heavy atom. The van der Waals surface area contributed by atoms with Crippen molar-refractivity contribution >= 4 is 34.0 Å². The van der Waals surface area contributed by atoms with E-state index in [0.717, 1.165) is 5.56 Å². The van der Waals surface area contributed by atoms with Crippen LogP contribution < -0.4 is 5.32 Å². The van der Waals surface area contributed by atoms with E-state index in [0.29, 0.717) is 10.8 Å². The van der Waals surface area contributed by atoms with Gasteiger partial charge < -0.3 is 5.32 Å². The molecule has 1 N–H and O–H groups in total. The quantitative estimate of drug-likeness (QED) is 0.876. The second-order valence-corrected chi connectivity index (χ2v) is 5.16. The summed E-state index contributed by atoms with van der Waals surface area (Å²) in [6, 6.07) is 6.02. The van der Waals surface area contributed by atoms with Crippen molar-refractivity contribution in [2.24, 2.45) is 0 Å². The van der Waals surface area contributed by atoms with E-state index in [9.17, 15) is 9.18 Å². The Bertz CT molecular complexity index is 553. The number of carbonyl (C=O) groups is 1. The number of nitrogens with zero attached hydrogens (tertiary/aromatic N) is 1. The molecule has 0 bridgehead atoms. The summed E-state index contributed by atoms with van der Waals surface area (Å²) in [6.45, 7) is 1.59. The zero-order valence-electron chi connectivity index (χ0n) is 9.48. The predicted octanol–water partition coefficient (Wildman–Crippen LogP) is 3.52. The third-order valence-electron chi connectivity index (χ3n) is 2.24. The fraction of sp³-hybridized carbons (Fsp3) is 0.167. The molecule has 1 aromatic carbocycles. The standard InChI is InChI=1S/C12H10ClFN2OS/c1-7(13)11(17)16-12-15-10(6-18-12)8-2-4-9(14)5-3-8/h2-7H,1H3,(H,15,16,17). The van der Waals surface area contributed by atoms with Crippen LogP contribution in [-0.4, -0.2) is 16.3 Å². The minimum Gasteiger partial charge on any atom is -0.301 e. The molecule has 1 heterocycles. The molecule has 1 amide bonds. The molecule has 0 saturated heterocycles. The van der Waals surface area contributed by atoms with Gasteiger partial charge in [0.15, 0.2) is 5.13 Å². The van der Waals surface area contributed by atoms with Crippen LogP contribution in [0.1, 0.15) is 6.92 Å². The highest BCUT2D eigenvalue weighted by atomic mass is 35.5. The number of anilines is 1. The first-order valence-corrected chi connectivity index (χ1v) is 6.54. The molecule has 18 heavy (non-hydrogen) atoms. The van der Waals surface area contributed by atoms with E-state index in [1.165, 1.54) is 23.5 Å². The van der Waals surface area contributed by atoms with E-state index in [1.54, 1.807) is 24.4 Å². The maximum atomic E-state index is 12.8. The average Bonchev–Trinajstić information content (AvgIpc) is 2.78. The van der Waals surface area contributed by atoms with Crippen molar-refractivity contribution in [2.75, 3.05) is 5.32 Å². The average molecular weight is 285 g/mol. The first-order valence-electron chi connectivity index (χ1n) is 5.22. The van der Waals surface area contributed by atoms with Gasteiger partial charge in [-0.3, -0.25) is 4.79 Å². The molecule has 0 saturated carbocycles. The second kappa shape index (κ2) is 5.46. The lowest BCUT2D eigenvalue weighted by molar-refractivity contribution is -0.115. The molecular weight excluding hydrogens is 275 g/mol. The Balaban J connectivity index is 2.15. The summed E-state index contributed by atoms with van der Waals surface area (Å²) < 4.78 is 12.8. The Morgan fingerprint density at radius 1 is 1.44 bits per heavy atom. The van der Waals surface area contributed by atoms with Gasteiger partial charge in [-0.05, 0) is 31.2 Å². The van der Waals surface area contributed by atoms with Gasteiger partial charge in [0.25, 0.3) is 0 Å². The highest BCUT2D eigenvalue weighted by molar-refractivity contribution is 7.14. The summed E-state index contributed by atoms with van der Waals surface area (Å²) in [7, 11) is 0. The lowest BCUT2D eigenvalue weighted by atomic mass is 10.2.